The molecule has 0 spiro atoms. The Hall–Kier alpha value is -1.45. The molecule has 20 heavy (non-hydrogen) atoms. The fourth-order valence-corrected chi connectivity index (χ4v) is 3.41. The molecule has 0 unspecified atom stereocenters. The van der Waals surface area contributed by atoms with Crippen molar-refractivity contribution in [2.45, 2.75) is 38.8 Å². The van der Waals surface area contributed by atoms with Crippen LogP contribution in [-0.4, -0.2) is 28.8 Å². The van der Waals surface area contributed by atoms with E-state index in [1.165, 1.54) is 0 Å². The van der Waals surface area contributed by atoms with Crippen LogP contribution in [0.15, 0.2) is 0 Å². The van der Waals surface area contributed by atoms with Crippen molar-refractivity contribution >= 4 is 21.9 Å². The molecule has 0 bridgehead atoms. The minimum Gasteiger partial charge on any atom is -0.311 e. The highest BCUT2D eigenvalue weighted by atomic mass is 32.2. The SMILES string of the molecule is NS(=O)(=O)N1Cc2n[nH]c(NC(=O)C3CCCC3)c2C1. The number of nitrogens with one attached hydrogen (secondary N) is 2. The van der Waals surface area contributed by atoms with Crippen molar-refractivity contribution in [3.05, 3.63) is 11.3 Å². The Morgan fingerprint density at radius 3 is 2.70 bits per heavy atom. The van der Waals surface area contributed by atoms with Gasteiger partial charge in [0.15, 0.2) is 0 Å². The lowest BCUT2D eigenvalue weighted by atomic mass is 10.1. The first-order valence-corrected chi connectivity index (χ1v) is 8.10. The Labute approximate surface area is 116 Å². The lowest BCUT2D eigenvalue weighted by Crippen LogP contribution is -2.32. The van der Waals surface area contributed by atoms with Crippen molar-refractivity contribution in [1.82, 2.24) is 14.5 Å². The molecule has 1 saturated carbocycles. The van der Waals surface area contributed by atoms with E-state index in [1.807, 2.05) is 0 Å². The van der Waals surface area contributed by atoms with Gasteiger partial charge < -0.3 is 5.32 Å². The topological polar surface area (TPSA) is 121 Å². The molecule has 1 fully saturated rings. The van der Waals surface area contributed by atoms with Crippen molar-refractivity contribution in [2.75, 3.05) is 5.32 Å². The Morgan fingerprint density at radius 2 is 2.05 bits per heavy atom. The van der Waals surface area contributed by atoms with Gasteiger partial charge in [0, 0.05) is 18.0 Å². The summed E-state index contributed by atoms with van der Waals surface area (Å²) in [5.41, 5.74) is 1.31. The summed E-state index contributed by atoms with van der Waals surface area (Å²) in [6.45, 7) is 0.287. The summed E-state index contributed by atoms with van der Waals surface area (Å²) < 4.78 is 23.8. The molecular weight excluding hydrogens is 282 g/mol. The number of hydrogen-bond acceptors (Lipinski definition) is 4. The van der Waals surface area contributed by atoms with Gasteiger partial charge in [0.1, 0.15) is 5.82 Å². The molecule has 0 saturated heterocycles. The molecule has 1 amide bonds. The monoisotopic (exact) mass is 299 g/mol. The van der Waals surface area contributed by atoms with Gasteiger partial charge in [-0.05, 0) is 12.8 Å². The van der Waals surface area contributed by atoms with Gasteiger partial charge in [-0.3, -0.25) is 9.89 Å². The van der Waals surface area contributed by atoms with Gasteiger partial charge in [0.05, 0.1) is 12.2 Å². The molecule has 2 aliphatic rings. The largest absolute Gasteiger partial charge is 0.311 e. The Morgan fingerprint density at radius 1 is 1.35 bits per heavy atom. The fraction of sp³-hybridized carbons (Fsp3) is 0.636. The number of carbonyl (C=O) groups excluding carboxylic acids is 1. The van der Waals surface area contributed by atoms with E-state index in [-0.39, 0.29) is 24.9 Å². The summed E-state index contributed by atoms with van der Waals surface area (Å²) in [6.07, 6.45) is 3.98. The van der Waals surface area contributed by atoms with Crippen LogP contribution in [0.4, 0.5) is 5.82 Å². The molecule has 110 valence electrons. The molecule has 1 aromatic heterocycles. The van der Waals surface area contributed by atoms with Gasteiger partial charge in [-0.25, -0.2) is 5.14 Å². The number of anilines is 1. The van der Waals surface area contributed by atoms with Crippen molar-refractivity contribution in [3.8, 4) is 0 Å². The van der Waals surface area contributed by atoms with E-state index in [2.05, 4.69) is 15.5 Å². The molecule has 3 rings (SSSR count). The molecule has 0 aromatic carbocycles. The summed E-state index contributed by atoms with van der Waals surface area (Å²) in [6, 6.07) is 0. The van der Waals surface area contributed by atoms with E-state index in [9.17, 15) is 13.2 Å². The summed E-state index contributed by atoms with van der Waals surface area (Å²) in [7, 11) is -3.73. The lowest BCUT2D eigenvalue weighted by Gasteiger charge is -2.12. The number of aromatic amines is 1. The summed E-state index contributed by atoms with van der Waals surface area (Å²) in [5.74, 6) is 0.510. The maximum Gasteiger partial charge on any atom is 0.277 e. The van der Waals surface area contributed by atoms with Crippen LogP contribution >= 0.6 is 0 Å². The zero-order valence-corrected chi connectivity index (χ0v) is 11.7. The number of H-pyrrole nitrogens is 1. The summed E-state index contributed by atoms with van der Waals surface area (Å²) in [4.78, 5) is 12.1. The van der Waals surface area contributed by atoms with E-state index >= 15 is 0 Å². The van der Waals surface area contributed by atoms with Crippen LogP contribution in [0.5, 0.6) is 0 Å². The van der Waals surface area contributed by atoms with Crippen molar-refractivity contribution in [3.63, 3.8) is 0 Å². The maximum absolute atomic E-state index is 12.1. The average Bonchev–Trinajstić information content (AvgIpc) is 3.03. The quantitative estimate of drug-likeness (QED) is 0.730. The second kappa shape index (κ2) is 4.83. The standard InChI is InChI=1S/C11H17N5O3S/c12-20(18,19)16-5-8-9(6-16)14-15-10(8)13-11(17)7-3-1-2-4-7/h7H,1-6H2,(H2,12,18,19)(H2,13,14,15,17). The Bertz CT molecular complexity index is 632. The second-order valence-corrected chi connectivity index (χ2v) is 6.85. The van der Waals surface area contributed by atoms with E-state index in [1.54, 1.807) is 0 Å². The highest BCUT2D eigenvalue weighted by Gasteiger charge is 2.32. The van der Waals surface area contributed by atoms with E-state index in [0.29, 0.717) is 17.1 Å². The first kappa shape index (κ1) is 13.5. The minimum absolute atomic E-state index is 0.0250. The molecular formula is C11H17N5O3S. The fourth-order valence-electron chi connectivity index (χ4n) is 2.80. The van der Waals surface area contributed by atoms with Crippen LogP contribution < -0.4 is 10.5 Å². The molecule has 8 nitrogen and oxygen atoms in total. The average molecular weight is 299 g/mol. The molecule has 9 heteroatoms. The van der Waals surface area contributed by atoms with Gasteiger partial charge in [-0.1, -0.05) is 12.8 Å². The number of fused-ring (bicyclic) bond motifs is 1. The lowest BCUT2D eigenvalue weighted by molar-refractivity contribution is -0.119. The van der Waals surface area contributed by atoms with Crippen LogP contribution in [0.2, 0.25) is 0 Å². The van der Waals surface area contributed by atoms with Crippen LogP contribution in [-0.2, 0) is 28.1 Å². The van der Waals surface area contributed by atoms with Gasteiger partial charge in [0.2, 0.25) is 5.91 Å². The number of hydrogen-bond donors (Lipinski definition) is 3. The van der Waals surface area contributed by atoms with Crippen molar-refractivity contribution in [2.24, 2.45) is 11.1 Å². The molecule has 0 radical (unpaired) electrons. The predicted molar refractivity (Wildman–Crippen MR) is 71.5 cm³/mol. The number of nitrogens with two attached hydrogens (primary N) is 1. The number of aromatic nitrogens is 2. The van der Waals surface area contributed by atoms with Gasteiger partial charge in [-0.2, -0.15) is 17.8 Å². The number of rotatable bonds is 3. The van der Waals surface area contributed by atoms with E-state index in [4.69, 9.17) is 5.14 Å². The molecule has 1 aliphatic heterocycles. The number of nitrogens with zero attached hydrogens (tertiary/aromatic N) is 2. The highest BCUT2D eigenvalue weighted by Crippen LogP contribution is 2.30. The molecule has 0 atom stereocenters. The number of amides is 1. The van der Waals surface area contributed by atoms with Crippen molar-refractivity contribution in [1.29, 1.82) is 0 Å². The number of carbonyl (C=O) groups is 1. The Kier molecular flexibility index (Phi) is 3.27. The summed E-state index contributed by atoms with van der Waals surface area (Å²) >= 11 is 0. The first-order valence-electron chi connectivity index (χ1n) is 6.60. The van der Waals surface area contributed by atoms with Crippen molar-refractivity contribution < 1.29 is 13.2 Å². The smallest absolute Gasteiger partial charge is 0.277 e. The highest BCUT2D eigenvalue weighted by molar-refractivity contribution is 7.86. The molecule has 1 aliphatic carbocycles. The summed E-state index contributed by atoms with van der Waals surface area (Å²) in [5, 5.41) is 14.7. The van der Waals surface area contributed by atoms with Crippen LogP contribution in [0.25, 0.3) is 0 Å². The van der Waals surface area contributed by atoms with Gasteiger partial charge >= 0.3 is 0 Å². The van der Waals surface area contributed by atoms with Gasteiger partial charge in [-0.15, -0.1) is 0 Å². The Balaban J connectivity index is 1.73. The van der Waals surface area contributed by atoms with E-state index in [0.717, 1.165) is 30.0 Å². The zero-order chi connectivity index (χ0) is 14.3. The normalized spacial score (nSPS) is 20.2. The predicted octanol–water partition coefficient (Wildman–Crippen LogP) is 0.0575. The molecule has 2 heterocycles. The third-order valence-electron chi connectivity index (χ3n) is 3.95. The first-order chi connectivity index (χ1) is 9.45. The van der Waals surface area contributed by atoms with E-state index < -0.39 is 10.2 Å². The third-order valence-corrected chi connectivity index (χ3v) is 4.93. The maximum atomic E-state index is 12.1. The molecule has 4 N–H and O–H groups in total. The minimum atomic E-state index is -3.73. The van der Waals surface area contributed by atoms with Crippen LogP contribution in [0.1, 0.15) is 36.9 Å². The van der Waals surface area contributed by atoms with Crippen LogP contribution in [0, 0.1) is 5.92 Å². The molecule has 1 aromatic rings. The van der Waals surface area contributed by atoms with Crippen LogP contribution in [0.3, 0.4) is 0 Å². The van der Waals surface area contributed by atoms with Gasteiger partial charge in [0.25, 0.3) is 10.2 Å². The second-order valence-electron chi connectivity index (χ2n) is 5.31. The zero-order valence-electron chi connectivity index (χ0n) is 10.9. The third kappa shape index (κ3) is 2.43.